The fourth-order valence-corrected chi connectivity index (χ4v) is 5.27. The summed E-state index contributed by atoms with van der Waals surface area (Å²) in [6.45, 7) is 0.551. The number of nitrogens with zero attached hydrogens (tertiary/aromatic N) is 1. The maximum atomic E-state index is 12.2. The molecule has 0 aromatic carbocycles. The average molecular weight is 310 g/mol. The number of hydrogen-bond acceptors (Lipinski definition) is 5. The van der Waals surface area contributed by atoms with Gasteiger partial charge in [-0.15, -0.1) is 0 Å². The van der Waals surface area contributed by atoms with Crippen molar-refractivity contribution in [3.63, 3.8) is 0 Å². The first-order valence-corrected chi connectivity index (χ1v) is 9.63. The first-order valence-electron chi connectivity index (χ1n) is 6.20. The Hall–Kier alpha value is -0.670. The number of nitrogens with two attached hydrogens (primary N) is 1. The molecule has 7 nitrogen and oxygen atoms in total. The Balaban J connectivity index is 2.04. The summed E-state index contributed by atoms with van der Waals surface area (Å²) in [5, 5.41) is 4.37. The second kappa shape index (κ2) is 5.02. The summed E-state index contributed by atoms with van der Waals surface area (Å²) < 4.78 is 45.4. The van der Waals surface area contributed by atoms with Crippen LogP contribution in [0.4, 0.5) is 0 Å². The van der Waals surface area contributed by atoms with E-state index in [4.69, 9.17) is 5.14 Å². The lowest BCUT2D eigenvalue weighted by Crippen LogP contribution is -2.49. The molecule has 2 heterocycles. The highest BCUT2D eigenvalue weighted by Gasteiger charge is 2.38. The van der Waals surface area contributed by atoms with Crippen LogP contribution < -0.4 is 5.14 Å². The van der Waals surface area contributed by atoms with E-state index in [9.17, 15) is 21.6 Å². The van der Waals surface area contributed by atoms with Crippen molar-refractivity contribution in [1.82, 2.24) is 4.90 Å². The molecule has 2 fully saturated rings. The molecule has 2 rings (SSSR count). The van der Waals surface area contributed by atoms with Crippen molar-refractivity contribution < 1.29 is 21.6 Å². The van der Waals surface area contributed by atoms with Gasteiger partial charge in [-0.3, -0.25) is 4.79 Å². The third-order valence-corrected chi connectivity index (χ3v) is 6.82. The first-order chi connectivity index (χ1) is 8.69. The van der Waals surface area contributed by atoms with Crippen molar-refractivity contribution in [2.24, 2.45) is 11.1 Å². The molecular formula is C10H18N2O5S2. The normalized spacial score (nSPS) is 31.3. The van der Waals surface area contributed by atoms with Gasteiger partial charge in [0.2, 0.25) is 15.9 Å². The van der Waals surface area contributed by atoms with Gasteiger partial charge >= 0.3 is 0 Å². The maximum absolute atomic E-state index is 12.2. The first kappa shape index (κ1) is 14.7. The van der Waals surface area contributed by atoms with Crippen LogP contribution in [0.15, 0.2) is 0 Å². The molecule has 2 atom stereocenters. The summed E-state index contributed by atoms with van der Waals surface area (Å²) in [7, 11) is -6.76. The summed E-state index contributed by atoms with van der Waals surface area (Å²) >= 11 is 0. The lowest BCUT2D eigenvalue weighted by Gasteiger charge is -2.33. The molecular weight excluding hydrogens is 292 g/mol. The average Bonchev–Trinajstić information content (AvgIpc) is 2.68. The van der Waals surface area contributed by atoms with E-state index >= 15 is 0 Å². The van der Waals surface area contributed by atoms with E-state index in [1.165, 1.54) is 4.90 Å². The number of likely N-dealkylation sites (tertiary alicyclic amines) is 1. The maximum Gasteiger partial charge on any atom is 0.226 e. The van der Waals surface area contributed by atoms with Gasteiger partial charge in [0.05, 0.1) is 22.7 Å². The Morgan fingerprint density at radius 1 is 1.26 bits per heavy atom. The number of piperidine rings is 1. The van der Waals surface area contributed by atoms with E-state index in [2.05, 4.69) is 0 Å². The van der Waals surface area contributed by atoms with E-state index < -0.39 is 31.0 Å². The Labute approximate surface area is 113 Å². The molecule has 110 valence electrons. The number of amides is 1. The van der Waals surface area contributed by atoms with Crippen molar-refractivity contribution in [1.29, 1.82) is 0 Å². The summed E-state index contributed by atoms with van der Waals surface area (Å²) in [6.07, 6.45) is 1.36. The third-order valence-electron chi connectivity index (χ3n) is 3.74. The monoisotopic (exact) mass is 310 g/mol. The SMILES string of the molecule is NS(=O)(=O)C1CCCN(C(=O)C2CCS(=O)(=O)C2)C1. The third kappa shape index (κ3) is 3.46. The van der Waals surface area contributed by atoms with Gasteiger partial charge in [0.1, 0.15) is 0 Å². The number of carbonyl (C=O) groups excluding carboxylic acids is 1. The van der Waals surface area contributed by atoms with Gasteiger partial charge in [0, 0.05) is 13.1 Å². The molecule has 19 heavy (non-hydrogen) atoms. The van der Waals surface area contributed by atoms with Crippen molar-refractivity contribution in [2.75, 3.05) is 24.6 Å². The van der Waals surface area contributed by atoms with E-state index in [0.717, 1.165) is 0 Å². The minimum atomic E-state index is -3.65. The van der Waals surface area contributed by atoms with Gasteiger partial charge in [-0.05, 0) is 19.3 Å². The molecule has 0 aromatic rings. The fourth-order valence-electron chi connectivity index (χ4n) is 2.65. The van der Waals surface area contributed by atoms with Crippen LogP contribution in [0.25, 0.3) is 0 Å². The van der Waals surface area contributed by atoms with Gasteiger partial charge in [-0.25, -0.2) is 22.0 Å². The van der Waals surface area contributed by atoms with Gasteiger partial charge in [-0.2, -0.15) is 0 Å². The largest absolute Gasteiger partial charge is 0.341 e. The van der Waals surface area contributed by atoms with Gasteiger partial charge < -0.3 is 4.90 Å². The van der Waals surface area contributed by atoms with Gasteiger partial charge in [-0.1, -0.05) is 0 Å². The van der Waals surface area contributed by atoms with E-state index in [1.807, 2.05) is 0 Å². The zero-order valence-electron chi connectivity index (χ0n) is 10.5. The molecule has 0 radical (unpaired) electrons. The van der Waals surface area contributed by atoms with Crippen LogP contribution in [0.3, 0.4) is 0 Å². The van der Waals surface area contributed by atoms with Crippen molar-refractivity contribution in [3.05, 3.63) is 0 Å². The van der Waals surface area contributed by atoms with Crippen molar-refractivity contribution in [2.45, 2.75) is 24.5 Å². The molecule has 9 heteroatoms. The molecule has 0 aromatic heterocycles. The van der Waals surface area contributed by atoms with Gasteiger partial charge in [0.25, 0.3) is 0 Å². The molecule has 2 N–H and O–H groups in total. The number of carbonyl (C=O) groups is 1. The van der Waals surface area contributed by atoms with E-state index in [1.54, 1.807) is 0 Å². The molecule has 0 saturated carbocycles. The van der Waals surface area contributed by atoms with Crippen LogP contribution in [0.1, 0.15) is 19.3 Å². The molecule has 0 aliphatic carbocycles. The molecule has 2 aliphatic heterocycles. The number of sulfone groups is 1. The summed E-state index contributed by atoms with van der Waals surface area (Å²) in [6, 6.07) is 0. The lowest BCUT2D eigenvalue weighted by molar-refractivity contribution is -0.135. The fraction of sp³-hybridized carbons (Fsp3) is 0.900. The Morgan fingerprint density at radius 2 is 1.95 bits per heavy atom. The van der Waals surface area contributed by atoms with Crippen LogP contribution in [0.2, 0.25) is 0 Å². The van der Waals surface area contributed by atoms with Crippen molar-refractivity contribution >= 4 is 25.8 Å². The zero-order valence-corrected chi connectivity index (χ0v) is 12.1. The second-order valence-corrected chi connectivity index (χ2v) is 9.31. The highest BCUT2D eigenvalue weighted by atomic mass is 32.2. The van der Waals surface area contributed by atoms with Crippen LogP contribution in [-0.4, -0.2) is 57.5 Å². The molecule has 0 bridgehead atoms. The van der Waals surface area contributed by atoms with Gasteiger partial charge in [0.15, 0.2) is 9.84 Å². The Bertz CT molecular complexity index is 569. The summed E-state index contributed by atoms with van der Waals surface area (Å²) in [4.78, 5) is 13.6. The Morgan fingerprint density at radius 3 is 2.47 bits per heavy atom. The Kier molecular flexibility index (Phi) is 3.90. The number of rotatable bonds is 2. The number of hydrogen-bond donors (Lipinski definition) is 1. The van der Waals surface area contributed by atoms with Crippen LogP contribution in [-0.2, 0) is 24.7 Å². The van der Waals surface area contributed by atoms with Crippen LogP contribution >= 0.6 is 0 Å². The van der Waals surface area contributed by atoms with Crippen LogP contribution in [0.5, 0.6) is 0 Å². The second-order valence-electron chi connectivity index (χ2n) is 5.24. The molecule has 0 spiro atoms. The standard InChI is InChI=1S/C10H18N2O5S2/c11-19(16,17)9-2-1-4-12(6-9)10(13)8-3-5-18(14,15)7-8/h8-9H,1-7H2,(H2,11,16,17). The topological polar surface area (TPSA) is 115 Å². The smallest absolute Gasteiger partial charge is 0.226 e. The predicted molar refractivity (Wildman–Crippen MR) is 69.5 cm³/mol. The number of primary sulfonamides is 1. The molecule has 2 unspecified atom stereocenters. The highest BCUT2D eigenvalue weighted by molar-refractivity contribution is 7.91. The van der Waals surface area contributed by atoms with Crippen LogP contribution in [0, 0.1) is 5.92 Å². The zero-order chi connectivity index (χ0) is 14.3. The highest BCUT2D eigenvalue weighted by Crippen LogP contribution is 2.23. The van der Waals surface area contributed by atoms with E-state index in [0.29, 0.717) is 25.8 Å². The lowest BCUT2D eigenvalue weighted by atomic mass is 10.0. The molecule has 1 amide bonds. The quantitative estimate of drug-likeness (QED) is 0.681. The summed E-state index contributed by atoms with van der Waals surface area (Å²) in [5.74, 6) is -0.864. The molecule has 2 saturated heterocycles. The minimum absolute atomic E-state index is 0.0376. The minimum Gasteiger partial charge on any atom is -0.341 e. The summed E-state index contributed by atoms with van der Waals surface area (Å²) in [5.41, 5.74) is 0. The number of sulfonamides is 1. The van der Waals surface area contributed by atoms with E-state index in [-0.39, 0.29) is 24.0 Å². The predicted octanol–water partition coefficient (Wildman–Crippen LogP) is -1.30. The molecule has 2 aliphatic rings. The van der Waals surface area contributed by atoms with Crippen molar-refractivity contribution in [3.8, 4) is 0 Å².